The summed E-state index contributed by atoms with van der Waals surface area (Å²) in [6.07, 6.45) is 2.29. The number of fused-ring (bicyclic) bond motifs is 1. The highest BCUT2D eigenvalue weighted by Gasteiger charge is 2.35. The summed E-state index contributed by atoms with van der Waals surface area (Å²) in [4.78, 5) is 29.3. The van der Waals surface area contributed by atoms with Crippen LogP contribution in [0.5, 0.6) is 0 Å². The molecule has 1 saturated heterocycles. The monoisotopic (exact) mass is 352 g/mol. The summed E-state index contributed by atoms with van der Waals surface area (Å²) in [5.41, 5.74) is 2.45. The highest BCUT2D eigenvalue weighted by Crippen LogP contribution is 2.34. The van der Waals surface area contributed by atoms with E-state index in [0.29, 0.717) is 12.1 Å². The second-order valence-corrected chi connectivity index (χ2v) is 6.95. The predicted octanol–water partition coefficient (Wildman–Crippen LogP) is 3.54. The Morgan fingerprint density at radius 3 is 2.42 bits per heavy atom. The van der Waals surface area contributed by atoms with Gasteiger partial charge in [0.05, 0.1) is 12.5 Å². The smallest absolute Gasteiger partial charge is 0.255 e. The lowest BCUT2D eigenvalue weighted by Crippen LogP contribution is -2.35. The molecule has 2 aromatic rings. The zero-order valence-electron chi connectivity index (χ0n) is 14.5. The molecule has 2 aliphatic rings. The quantitative estimate of drug-likeness (QED) is 0.844. The number of carbonyl (C=O) groups excluding carboxylic acids is 2. The van der Waals surface area contributed by atoms with Crippen LogP contribution in [-0.2, 0) is 11.3 Å². The molecular weight excluding hydrogens is 331 g/mol. The van der Waals surface area contributed by atoms with Gasteiger partial charge in [0.1, 0.15) is 5.82 Å². The summed E-state index contributed by atoms with van der Waals surface area (Å²) in [6, 6.07) is 13.3. The van der Waals surface area contributed by atoms with Crippen molar-refractivity contribution in [1.29, 1.82) is 0 Å². The molecular formula is C21H21FN2O2. The minimum absolute atomic E-state index is 0.0561. The fourth-order valence-corrected chi connectivity index (χ4v) is 3.88. The molecule has 4 rings (SSSR count). The molecule has 4 nitrogen and oxygen atoms in total. The number of nitrogens with zero attached hydrogens (tertiary/aromatic N) is 2. The van der Waals surface area contributed by atoms with Crippen molar-refractivity contribution >= 4 is 11.8 Å². The Hall–Kier alpha value is -2.69. The average Bonchev–Trinajstić information content (AvgIpc) is 3.30. The fourth-order valence-electron chi connectivity index (χ4n) is 3.88. The molecule has 134 valence electrons. The van der Waals surface area contributed by atoms with Crippen LogP contribution in [0.1, 0.15) is 46.8 Å². The molecule has 0 unspecified atom stereocenters. The van der Waals surface area contributed by atoms with Gasteiger partial charge in [0, 0.05) is 25.2 Å². The Bertz CT molecular complexity index is 828. The van der Waals surface area contributed by atoms with Crippen molar-refractivity contribution in [3.05, 3.63) is 71.0 Å². The van der Waals surface area contributed by atoms with E-state index >= 15 is 0 Å². The molecule has 0 aromatic heterocycles. The second-order valence-electron chi connectivity index (χ2n) is 6.95. The van der Waals surface area contributed by atoms with E-state index in [1.807, 2.05) is 29.2 Å². The molecule has 2 amide bonds. The maximum atomic E-state index is 13.4. The number of benzene rings is 2. The minimum Gasteiger partial charge on any atom is -0.343 e. The van der Waals surface area contributed by atoms with Gasteiger partial charge in [-0.3, -0.25) is 9.59 Å². The van der Waals surface area contributed by atoms with Crippen LogP contribution in [0, 0.1) is 5.82 Å². The van der Waals surface area contributed by atoms with Gasteiger partial charge in [-0.2, -0.15) is 0 Å². The van der Waals surface area contributed by atoms with Crippen molar-refractivity contribution in [2.24, 2.45) is 0 Å². The van der Waals surface area contributed by atoms with Gasteiger partial charge in [-0.25, -0.2) is 4.39 Å². The second kappa shape index (κ2) is 6.90. The minimum atomic E-state index is -0.386. The largest absolute Gasteiger partial charge is 0.343 e. The first kappa shape index (κ1) is 16.8. The van der Waals surface area contributed by atoms with E-state index in [1.165, 1.54) is 12.1 Å². The number of halogens is 1. The molecule has 5 heteroatoms. The number of hydrogen-bond donors (Lipinski definition) is 0. The zero-order valence-corrected chi connectivity index (χ0v) is 14.5. The highest BCUT2D eigenvalue weighted by atomic mass is 19.1. The molecule has 0 N–H and O–H groups in total. The number of hydrogen-bond acceptors (Lipinski definition) is 2. The number of carbonyl (C=O) groups is 2. The van der Waals surface area contributed by atoms with Crippen LogP contribution in [0.4, 0.5) is 4.39 Å². The van der Waals surface area contributed by atoms with Crippen LogP contribution in [0.3, 0.4) is 0 Å². The third-order valence-corrected chi connectivity index (χ3v) is 5.31. The van der Waals surface area contributed by atoms with Crippen LogP contribution in [0.2, 0.25) is 0 Å². The Kier molecular flexibility index (Phi) is 4.45. The van der Waals surface area contributed by atoms with Gasteiger partial charge in [0.25, 0.3) is 5.91 Å². The van der Waals surface area contributed by atoms with Crippen LogP contribution in [0.15, 0.2) is 48.5 Å². The van der Waals surface area contributed by atoms with Crippen molar-refractivity contribution in [2.45, 2.75) is 31.8 Å². The molecule has 0 aliphatic carbocycles. The Balaban J connectivity index is 1.63. The molecule has 0 saturated carbocycles. The maximum absolute atomic E-state index is 13.4. The van der Waals surface area contributed by atoms with Crippen LogP contribution < -0.4 is 0 Å². The van der Waals surface area contributed by atoms with E-state index in [9.17, 15) is 14.0 Å². The van der Waals surface area contributed by atoms with Gasteiger partial charge in [0.15, 0.2) is 0 Å². The van der Waals surface area contributed by atoms with Gasteiger partial charge >= 0.3 is 0 Å². The van der Waals surface area contributed by atoms with E-state index in [4.69, 9.17) is 0 Å². The van der Waals surface area contributed by atoms with Crippen molar-refractivity contribution in [3.63, 3.8) is 0 Å². The van der Waals surface area contributed by atoms with Gasteiger partial charge in [-0.15, -0.1) is 0 Å². The summed E-state index contributed by atoms with van der Waals surface area (Å²) < 4.78 is 13.4. The van der Waals surface area contributed by atoms with Crippen molar-refractivity contribution < 1.29 is 14.0 Å². The van der Waals surface area contributed by atoms with Crippen molar-refractivity contribution in [1.82, 2.24) is 9.80 Å². The molecule has 0 bridgehead atoms. The lowest BCUT2D eigenvalue weighted by molar-refractivity contribution is -0.131. The van der Waals surface area contributed by atoms with Gasteiger partial charge in [0.2, 0.25) is 5.91 Å². The zero-order chi connectivity index (χ0) is 18.1. The molecule has 0 radical (unpaired) electrons. The van der Waals surface area contributed by atoms with Crippen LogP contribution in [-0.4, -0.2) is 34.7 Å². The van der Waals surface area contributed by atoms with E-state index in [-0.39, 0.29) is 30.1 Å². The molecule has 0 spiro atoms. The normalized spacial score (nSPS) is 17.5. The van der Waals surface area contributed by atoms with E-state index < -0.39 is 0 Å². The molecule has 2 aliphatic heterocycles. The first-order valence-electron chi connectivity index (χ1n) is 9.05. The Morgan fingerprint density at radius 2 is 1.73 bits per heavy atom. The molecule has 1 atom stereocenters. The highest BCUT2D eigenvalue weighted by molar-refractivity contribution is 5.98. The third-order valence-electron chi connectivity index (χ3n) is 5.31. The van der Waals surface area contributed by atoms with Gasteiger partial charge in [-0.1, -0.05) is 30.3 Å². The molecule has 26 heavy (non-hydrogen) atoms. The van der Waals surface area contributed by atoms with E-state index in [2.05, 4.69) is 0 Å². The molecule has 2 heterocycles. The van der Waals surface area contributed by atoms with E-state index in [0.717, 1.165) is 37.1 Å². The maximum Gasteiger partial charge on any atom is 0.255 e. The molecule has 1 fully saturated rings. The summed E-state index contributed by atoms with van der Waals surface area (Å²) in [5.74, 6) is -0.334. The van der Waals surface area contributed by atoms with Crippen LogP contribution >= 0.6 is 0 Å². The number of likely N-dealkylation sites (tertiary alicyclic amines) is 1. The Labute approximate surface area is 152 Å². The third kappa shape index (κ3) is 3.09. The van der Waals surface area contributed by atoms with Gasteiger partial charge < -0.3 is 9.80 Å². The lowest BCUT2D eigenvalue weighted by atomic mass is 10.0. The van der Waals surface area contributed by atoms with E-state index in [1.54, 1.807) is 17.0 Å². The number of amides is 2. The molecule has 2 aromatic carbocycles. The first-order chi connectivity index (χ1) is 12.6. The summed E-state index contributed by atoms with van der Waals surface area (Å²) in [7, 11) is 0. The number of rotatable bonds is 4. The standard InChI is InChI=1S/C21H21FN2O2/c22-17-9-7-15(8-10-17)19(13-20(25)23-11-3-4-12-23)24-14-16-5-1-2-6-18(16)21(24)26/h1-2,5-10,19H,3-4,11-14H2/t19-/m1/s1. The van der Waals surface area contributed by atoms with Crippen molar-refractivity contribution in [3.8, 4) is 0 Å². The Morgan fingerprint density at radius 1 is 1.04 bits per heavy atom. The summed E-state index contributed by atoms with van der Waals surface area (Å²) >= 11 is 0. The van der Waals surface area contributed by atoms with Crippen molar-refractivity contribution in [2.75, 3.05) is 13.1 Å². The SMILES string of the molecule is O=C(C[C@H](c1ccc(F)cc1)N1Cc2ccccc2C1=O)N1CCCC1. The van der Waals surface area contributed by atoms with Gasteiger partial charge in [-0.05, 0) is 42.2 Å². The summed E-state index contributed by atoms with van der Waals surface area (Å²) in [6.45, 7) is 2.04. The van der Waals surface area contributed by atoms with Crippen LogP contribution in [0.25, 0.3) is 0 Å². The lowest BCUT2D eigenvalue weighted by Gasteiger charge is -2.29. The summed E-state index contributed by atoms with van der Waals surface area (Å²) in [5, 5.41) is 0. The average molecular weight is 352 g/mol. The first-order valence-corrected chi connectivity index (χ1v) is 9.05. The fraction of sp³-hybridized carbons (Fsp3) is 0.333. The topological polar surface area (TPSA) is 40.6 Å². The predicted molar refractivity (Wildman–Crippen MR) is 95.9 cm³/mol.